The van der Waals surface area contributed by atoms with Gasteiger partial charge >= 0.3 is 0 Å². The van der Waals surface area contributed by atoms with Crippen LogP contribution in [-0.4, -0.2) is 63.4 Å². The number of hydrogen-bond acceptors (Lipinski definition) is 5. The smallest absolute Gasteiger partial charge is 0.222 e. The summed E-state index contributed by atoms with van der Waals surface area (Å²) < 4.78 is 7.24. The van der Waals surface area contributed by atoms with Gasteiger partial charge in [-0.2, -0.15) is 5.10 Å². The van der Waals surface area contributed by atoms with Crippen molar-refractivity contribution in [1.82, 2.24) is 24.7 Å². The molecule has 0 N–H and O–H groups in total. The molecule has 142 valence electrons. The third kappa shape index (κ3) is 4.33. The van der Waals surface area contributed by atoms with Gasteiger partial charge in [-0.25, -0.2) is 0 Å². The van der Waals surface area contributed by atoms with Crippen molar-refractivity contribution in [3.05, 3.63) is 34.5 Å². The predicted octanol–water partition coefficient (Wildman–Crippen LogP) is 1.88. The Labute approximate surface area is 154 Å². The minimum atomic E-state index is 0.225. The standard InChI is InChI=1S/C19H29N5O2/c1-14-13-15(2)24(20-14)12-9-22-7-10-23(11-8-22)19(25)6-5-18-16(3)21-26-17(18)4/h13H,5-12H2,1-4H3. The fraction of sp³-hybridized carbons (Fsp3) is 0.632. The van der Waals surface area contributed by atoms with E-state index in [1.165, 1.54) is 5.69 Å². The van der Waals surface area contributed by atoms with E-state index in [2.05, 4.69) is 32.8 Å². The summed E-state index contributed by atoms with van der Waals surface area (Å²) in [6.45, 7) is 13.3. The molecule has 1 aliphatic heterocycles. The van der Waals surface area contributed by atoms with E-state index < -0.39 is 0 Å². The van der Waals surface area contributed by atoms with Crippen LogP contribution in [0.5, 0.6) is 0 Å². The quantitative estimate of drug-likeness (QED) is 0.788. The highest BCUT2D eigenvalue weighted by Crippen LogP contribution is 2.15. The van der Waals surface area contributed by atoms with Gasteiger partial charge in [0.1, 0.15) is 5.76 Å². The molecule has 0 aromatic carbocycles. The monoisotopic (exact) mass is 359 g/mol. The Balaban J connectivity index is 1.41. The van der Waals surface area contributed by atoms with Crippen molar-refractivity contribution in [1.29, 1.82) is 0 Å². The van der Waals surface area contributed by atoms with Crippen LogP contribution in [0.4, 0.5) is 0 Å². The Morgan fingerprint density at radius 3 is 2.42 bits per heavy atom. The van der Waals surface area contributed by atoms with E-state index in [4.69, 9.17) is 4.52 Å². The van der Waals surface area contributed by atoms with Gasteiger partial charge in [0.15, 0.2) is 0 Å². The van der Waals surface area contributed by atoms with Gasteiger partial charge in [0.05, 0.1) is 17.9 Å². The van der Waals surface area contributed by atoms with Crippen molar-refractivity contribution in [3.8, 4) is 0 Å². The number of hydrogen-bond donors (Lipinski definition) is 0. The van der Waals surface area contributed by atoms with Crippen molar-refractivity contribution in [2.45, 2.75) is 47.1 Å². The molecule has 0 unspecified atom stereocenters. The maximum absolute atomic E-state index is 12.5. The molecule has 26 heavy (non-hydrogen) atoms. The summed E-state index contributed by atoms with van der Waals surface area (Å²) in [4.78, 5) is 16.9. The van der Waals surface area contributed by atoms with Gasteiger partial charge in [-0.15, -0.1) is 0 Å². The largest absolute Gasteiger partial charge is 0.361 e. The summed E-state index contributed by atoms with van der Waals surface area (Å²) in [5.41, 5.74) is 4.23. The highest BCUT2D eigenvalue weighted by molar-refractivity contribution is 5.76. The second-order valence-electron chi connectivity index (χ2n) is 7.18. The summed E-state index contributed by atoms with van der Waals surface area (Å²) in [6.07, 6.45) is 1.23. The second kappa shape index (κ2) is 8.03. The van der Waals surface area contributed by atoms with Gasteiger partial charge in [0, 0.05) is 50.4 Å². The SMILES string of the molecule is Cc1cc(C)n(CCN2CCN(C(=O)CCc3c(C)noc3C)CC2)n1. The molecule has 1 amide bonds. The number of amides is 1. The molecule has 0 aliphatic carbocycles. The minimum absolute atomic E-state index is 0.225. The zero-order valence-corrected chi connectivity index (χ0v) is 16.3. The van der Waals surface area contributed by atoms with Crippen LogP contribution in [0.25, 0.3) is 0 Å². The van der Waals surface area contributed by atoms with Crippen molar-refractivity contribution in [3.63, 3.8) is 0 Å². The van der Waals surface area contributed by atoms with Crippen LogP contribution in [0.3, 0.4) is 0 Å². The van der Waals surface area contributed by atoms with E-state index in [0.29, 0.717) is 12.8 Å². The zero-order valence-electron chi connectivity index (χ0n) is 16.3. The highest BCUT2D eigenvalue weighted by atomic mass is 16.5. The zero-order chi connectivity index (χ0) is 18.7. The highest BCUT2D eigenvalue weighted by Gasteiger charge is 2.21. The first-order valence-corrected chi connectivity index (χ1v) is 9.37. The molecule has 1 saturated heterocycles. The Morgan fingerprint density at radius 2 is 1.85 bits per heavy atom. The first kappa shape index (κ1) is 18.6. The number of rotatable bonds is 6. The van der Waals surface area contributed by atoms with Crippen LogP contribution >= 0.6 is 0 Å². The number of aryl methyl sites for hydroxylation is 4. The van der Waals surface area contributed by atoms with E-state index in [0.717, 1.165) is 62.0 Å². The van der Waals surface area contributed by atoms with Gasteiger partial charge in [0.25, 0.3) is 0 Å². The third-order valence-electron chi connectivity index (χ3n) is 5.23. The average molecular weight is 359 g/mol. The van der Waals surface area contributed by atoms with Crippen molar-refractivity contribution in [2.75, 3.05) is 32.7 Å². The second-order valence-corrected chi connectivity index (χ2v) is 7.18. The Bertz CT molecular complexity index is 737. The molecular weight excluding hydrogens is 330 g/mol. The van der Waals surface area contributed by atoms with Crippen LogP contribution in [0.15, 0.2) is 10.6 Å². The fourth-order valence-corrected chi connectivity index (χ4v) is 3.61. The molecule has 0 spiro atoms. The molecule has 3 rings (SSSR count). The Morgan fingerprint density at radius 1 is 1.12 bits per heavy atom. The average Bonchev–Trinajstić information content (AvgIpc) is 3.12. The van der Waals surface area contributed by atoms with E-state index in [1.54, 1.807) is 0 Å². The van der Waals surface area contributed by atoms with Crippen molar-refractivity contribution >= 4 is 5.91 Å². The number of aromatic nitrogens is 3. The first-order chi connectivity index (χ1) is 12.4. The number of nitrogens with zero attached hydrogens (tertiary/aromatic N) is 5. The van der Waals surface area contributed by atoms with Crippen molar-refractivity contribution in [2.24, 2.45) is 0 Å². The predicted molar refractivity (Wildman–Crippen MR) is 99.0 cm³/mol. The van der Waals surface area contributed by atoms with E-state index in [-0.39, 0.29) is 5.91 Å². The molecule has 0 saturated carbocycles. The van der Waals surface area contributed by atoms with Crippen LogP contribution in [0.1, 0.15) is 34.8 Å². The lowest BCUT2D eigenvalue weighted by Crippen LogP contribution is -2.49. The van der Waals surface area contributed by atoms with E-state index in [1.807, 2.05) is 25.7 Å². The Kier molecular flexibility index (Phi) is 5.76. The van der Waals surface area contributed by atoms with Gasteiger partial charge in [-0.3, -0.25) is 14.4 Å². The third-order valence-corrected chi connectivity index (χ3v) is 5.23. The molecule has 7 nitrogen and oxygen atoms in total. The maximum Gasteiger partial charge on any atom is 0.222 e. The number of piperazine rings is 1. The number of carbonyl (C=O) groups is 1. The molecule has 0 atom stereocenters. The van der Waals surface area contributed by atoms with Gasteiger partial charge in [0.2, 0.25) is 5.91 Å². The van der Waals surface area contributed by atoms with Gasteiger partial charge in [-0.1, -0.05) is 5.16 Å². The molecule has 0 radical (unpaired) electrons. The fourth-order valence-electron chi connectivity index (χ4n) is 3.61. The lowest BCUT2D eigenvalue weighted by Gasteiger charge is -2.34. The van der Waals surface area contributed by atoms with Crippen LogP contribution < -0.4 is 0 Å². The summed E-state index contributed by atoms with van der Waals surface area (Å²) in [5, 5.41) is 8.47. The summed E-state index contributed by atoms with van der Waals surface area (Å²) >= 11 is 0. The van der Waals surface area contributed by atoms with E-state index in [9.17, 15) is 4.79 Å². The molecular formula is C19H29N5O2. The van der Waals surface area contributed by atoms with Crippen LogP contribution in [0, 0.1) is 27.7 Å². The summed E-state index contributed by atoms with van der Waals surface area (Å²) in [5.74, 6) is 1.05. The maximum atomic E-state index is 12.5. The van der Waals surface area contributed by atoms with Gasteiger partial charge < -0.3 is 9.42 Å². The summed E-state index contributed by atoms with van der Waals surface area (Å²) in [7, 11) is 0. The first-order valence-electron chi connectivity index (χ1n) is 9.37. The molecule has 1 fully saturated rings. The van der Waals surface area contributed by atoms with E-state index >= 15 is 0 Å². The molecule has 2 aromatic heterocycles. The minimum Gasteiger partial charge on any atom is -0.361 e. The summed E-state index contributed by atoms with van der Waals surface area (Å²) in [6, 6.07) is 2.11. The lowest BCUT2D eigenvalue weighted by atomic mass is 10.1. The Hall–Kier alpha value is -2.15. The molecule has 1 aliphatic rings. The molecule has 3 heterocycles. The normalized spacial score (nSPS) is 15.6. The van der Waals surface area contributed by atoms with Gasteiger partial charge in [-0.05, 0) is 40.2 Å². The molecule has 7 heteroatoms. The van der Waals surface area contributed by atoms with Crippen LogP contribution in [0.2, 0.25) is 0 Å². The number of carbonyl (C=O) groups excluding carboxylic acids is 1. The lowest BCUT2D eigenvalue weighted by molar-refractivity contribution is -0.132. The topological polar surface area (TPSA) is 67.4 Å². The van der Waals surface area contributed by atoms with Crippen LogP contribution in [-0.2, 0) is 17.8 Å². The molecule has 2 aromatic rings. The van der Waals surface area contributed by atoms with Crippen molar-refractivity contribution < 1.29 is 9.32 Å². The molecule has 0 bridgehead atoms.